The molecular formula is C25H20O6. The van der Waals surface area contributed by atoms with E-state index in [1.807, 2.05) is 12.1 Å². The lowest BCUT2D eigenvalue weighted by atomic mass is 10.0. The minimum atomic E-state index is -0.514. The molecule has 0 aliphatic heterocycles. The monoisotopic (exact) mass is 416 g/mol. The topological polar surface area (TPSA) is 78.9 Å². The van der Waals surface area contributed by atoms with E-state index in [1.54, 1.807) is 43.3 Å². The Hall–Kier alpha value is -4.19. The molecule has 0 fully saturated rings. The smallest absolute Gasteiger partial charge is 0.343 e. The van der Waals surface area contributed by atoms with Crippen LogP contribution in [0, 0.1) is 0 Å². The molecule has 0 unspecified atom stereocenters. The van der Waals surface area contributed by atoms with Crippen LogP contribution in [0.4, 0.5) is 0 Å². The highest BCUT2D eigenvalue weighted by molar-refractivity contribution is 5.92. The van der Waals surface area contributed by atoms with Crippen LogP contribution in [0.5, 0.6) is 11.5 Å². The van der Waals surface area contributed by atoms with Crippen molar-refractivity contribution in [1.29, 1.82) is 0 Å². The fraction of sp³-hybridized carbons (Fsp3) is 0.0800. The van der Waals surface area contributed by atoms with Crippen molar-refractivity contribution in [1.82, 2.24) is 0 Å². The van der Waals surface area contributed by atoms with Crippen LogP contribution in [-0.2, 0) is 9.53 Å². The molecule has 156 valence electrons. The normalized spacial score (nSPS) is 10.1. The zero-order chi connectivity index (χ0) is 22.4. The lowest BCUT2D eigenvalue weighted by Crippen LogP contribution is -2.08. The number of hydrogen-bond donors (Lipinski definition) is 0. The molecule has 6 nitrogen and oxygen atoms in total. The van der Waals surface area contributed by atoms with Crippen molar-refractivity contribution < 1.29 is 28.6 Å². The molecule has 0 N–H and O–H groups in total. The summed E-state index contributed by atoms with van der Waals surface area (Å²) in [6.07, 6.45) is 0. The van der Waals surface area contributed by atoms with E-state index in [-0.39, 0.29) is 0 Å². The number of ether oxygens (including phenoxy) is 3. The van der Waals surface area contributed by atoms with E-state index < -0.39 is 17.9 Å². The average Bonchev–Trinajstić information content (AvgIpc) is 2.79. The summed E-state index contributed by atoms with van der Waals surface area (Å²) in [5.74, 6) is -0.706. The minimum absolute atomic E-state index is 0.321. The van der Waals surface area contributed by atoms with Gasteiger partial charge in [-0.25, -0.2) is 14.4 Å². The maximum atomic E-state index is 12.4. The second-order valence-corrected chi connectivity index (χ2v) is 6.68. The van der Waals surface area contributed by atoms with E-state index >= 15 is 0 Å². The summed E-state index contributed by atoms with van der Waals surface area (Å²) in [4.78, 5) is 35.4. The largest absolute Gasteiger partial charge is 0.465 e. The van der Waals surface area contributed by atoms with Gasteiger partial charge in [-0.05, 0) is 66.6 Å². The van der Waals surface area contributed by atoms with E-state index in [0.717, 1.165) is 11.1 Å². The molecule has 3 aromatic rings. The molecule has 0 bridgehead atoms. The zero-order valence-corrected chi connectivity index (χ0v) is 17.1. The second kappa shape index (κ2) is 9.54. The minimum Gasteiger partial charge on any atom is -0.465 e. The molecule has 0 saturated carbocycles. The Morgan fingerprint density at radius 3 is 1.58 bits per heavy atom. The number of methoxy groups -OCH3 is 1. The Labute approximate surface area is 179 Å². The van der Waals surface area contributed by atoms with Crippen LogP contribution in [0.15, 0.2) is 84.9 Å². The van der Waals surface area contributed by atoms with E-state index in [4.69, 9.17) is 9.47 Å². The molecule has 3 rings (SSSR count). The first-order valence-corrected chi connectivity index (χ1v) is 9.36. The number of carbonyl (C=O) groups is 3. The molecule has 0 aliphatic rings. The van der Waals surface area contributed by atoms with Crippen LogP contribution in [0.3, 0.4) is 0 Å². The third-order valence-corrected chi connectivity index (χ3v) is 4.35. The van der Waals surface area contributed by atoms with Crippen LogP contribution in [0.1, 0.15) is 27.6 Å². The second-order valence-electron chi connectivity index (χ2n) is 6.68. The first kappa shape index (κ1) is 21.5. The summed E-state index contributed by atoms with van der Waals surface area (Å²) in [5, 5.41) is 0. The van der Waals surface area contributed by atoms with Crippen LogP contribution >= 0.6 is 0 Å². The number of hydrogen-bond acceptors (Lipinski definition) is 6. The lowest BCUT2D eigenvalue weighted by molar-refractivity contribution is -0.130. The van der Waals surface area contributed by atoms with E-state index in [1.165, 1.54) is 31.4 Å². The molecular weight excluding hydrogens is 396 g/mol. The molecule has 0 atom stereocenters. The van der Waals surface area contributed by atoms with Crippen molar-refractivity contribution in [3.63, 3.8) is 0 Å². The van der Waals surface area contributed by atoms with Crippen molar-refractivity contribution in [3.05, 3.63) is 96.1 Å². The van der Waals surface area contributed by atoms with E-state index in [9.17, 15) is 14.4 Å². The molecule has 3 aromatic carbocycles. The molecule has 0 aromatic heterocycles. The summed E-state index contributed by atoms with van der Waals surface area (Å²) in [5.41, 5.74) is 2.86. The third kappa shape index (κ3) is 5.45. The van der Waals surface area contributed by atoms with Gasteiger partial charge in [0.05, 0.1) is 18.2 Å². The fourth-order valence-electron chi connectivity index (χ4n) is 2.65. The fourth-order valence-corrected chi connectivity index (χ4v) is 2.65. The van der Waals surface area contributed by atoms with Crippen LogP contribution < -0.4 is 9.47 Å². The van der Waals surface area contributed by atoms with Crippen molar-refractivity contribution >= 4 is 17.9 Å². The number of esters is 3. The summed E-state index contributed by atoms with van der Waals surface area (Å²) in [7, 11) is 1.30. The van der Waals surface area contributed by atoms with Crippen molar-refractivity contribution in [3.8, 4) is 22.6 Å². The van der Waals surface area contributed by atoms with Crippen LogP contribution in [0.2, 0.25) is 0 Å². The van der Waals surface area contributed by atoms with Crippen molar-refractivity contribution in [2.24, 2.45) is 0 Å². The van der Waals surface area contributed by atoms with Crippen molar-refractivity contribution in [2.75, 3.05) is 7.11 Å². The predicted molar refractivity (Wildman–Crippen MR) is 115 cm³/mol. The zero-order valence-electron chi connectivity index (χ0n) is 17.1. The molecule has 0 amide bonds. The molecule has 0 heterocycles. The Kier molecular flexibility index (Phi) is 6.62. The van der Waals surface area contributed by atoms with Gasteiger partial charge < -0.3 is 14.2 Å². The first-order chi connectivity index (χ1) is 14.9. The summed E-state index contributed by atoms with van der Waals surface area (Å²) in [6, 6.07) is 20.0. The standard InChI is InChI=1S/C25H20O6/c1-16(2)23(26)30-21-12-8-18(9-13-21)17-4-6-20(7-5-17)25(28)31-22-14-10-19(11-15-22)24(27)29-3/h4-15H,1H2,2-3H3. The Bertz CT molecular complexity index is 1110. The Morgan fingerprint density at radius 2 is 1.06 bits per heavy atom. The molecule has 0 aliphatic carbocycles. The van der Waals surface area contributed by atoms with Gasteiger partial charge in [0.1, 0.15) is 11.5 Å². The van der Waals surface area contributed by atoms with Gasteiger partial charge in [-0.2, -0.15) is 0 Å². The summed E-state index contributed by atoms with van der Waals surface area (Å²) < 4.78 is 15.1. The Balaban J connectivity index is 1.65. The number of rotatable bonds is 6. The van der Waals surface area contributed by atoms with E-state index in [0.29, 0.717) is 28.2 Å². The Morgan fingerprint density at radius 1 is 0.645 bits per heavy atom. The molecule has 0 radical (unpaired) electrons. The van der Waals surface area contributed by atoms with Gasteiger partial charge in [0, 0.05) is 5.57 Å². The van der Waals surface area contributed by atoms with E-state index in [2.05, 4.69) is 11.3 Å². The third-order valence-electron chi connectivity index (χ3n) is 4.35. The number of carbonyl (C=O) groups excluding carboxylic acids is 3. The van der Waals surface area contributed by atoms with Gasteiger partial charge in [-0.15, -0.1) is 0 Å². The lowest BCUT2D eigenvalue weighted by Gasteiger charge is -2.08. The van der Waals surface area contributed by atoms with Gasteiger partial charge >= 0.3 is 17.9 Å². The van der Waals surface area contributed by atoms with Gasteiger partial charge in [-0.3, -0.25) is 0 Å². The van der Waals surface area contributed by atoms with Crippen LogP contribution in [0.25, 0.3) is 11.1 Å². The maximum Gasteiger partial charge on any atom is 0.343 e. The SMILES string of the molecule is C=C(C)C(=O)Oc1ccc(-c2ccc(C(=O)Oc3ccc(C(=O)OC)cc3)cc2)cc1. The highest BCUT2D eigenvalue weighted by Crippen LogP contribution is 2.24. The van der Waals surface area contributed by atoms with Crippen LogP contribution in [-0.4, -0.2) is 25.0 Å². The molecule has 6 heteroatoms. The van der Waals surface area contributed by atoms with Gasteiger partial charge in [0.15, 0.2) is 0 Å². The number of benzene rings is 3. The average molecular weight is 416 g/mol. The summed E-state index contributed by atoms with van der Waals surface area (Å²) in [6.45, 7) is 5.13. The molecule has 0 spiro atoms. The highest BCUT2D eigenvalue weighted by atomic mass is 16.5. The maximum absolute atomic E-state index is 12.4. The van der Waals surface area contributed by atoms with Gasteiger partial charge in [0.2, 0.25) is 0 Å². The molecule has 31 heavy (non-hydrogen) atoms. The van der Waals surface area contributed by atoms with Gasteiger partial charge in [0.25, 0.3) is 0 Å². The summed E-state index contributed by atoms with van der Waals surface area (Å²) >= 11 is 0. The first-order valence-electron chi connectivity index (χ1n) is 9.36. The van der Waals surface area contributed by atoms with Crippen molar-refractivity contribution in [2.45, 2.75) is 6.92 Å². The highest BCUT2D eigenvalue weighted by Gasteiger charge is 2.11. The predicted octanol–water partition coefficient (Wildman–Crippen LogP) is 4.84. The quantitative estimate of drug-likeness (QED) is 0.325. The molecule has 0 saturated heterocycles. The van der Waals surface area contributed by atoms with Gasteiger partial charge in [-0.1, -0.05) is 30.8 Å².